The zero-order valence-electron chi connectivity index (χ0n) is 23.9. The standard InChI is InChI=1S/C32H33FN6O4/c1-43-32(42)22-4-9-26(10-5-22)38-14-16-39(17-15-38)29(40)20-37-13-12-23(19-37)31(41)34-25-8-11-28-27(18-25)30(36-35-28)21-2-6-24(33)7-3-21/h2-11,18,23H,12-17,19-20H2,1H3,(H,34,41)(H,35,36)/t23-/m1/s1. The fourth-order valence-corrected chi connectivity index (χ4v) is 5.79. The van der Waals surface area contributed by atoms with E-state index in [1.165, 1.54) is 19.2 Å². The van der Waals surface area contributed by atoms with Crippen LogP contribution in [0.4, 0.5) is 15.8 Å². The minimum atomic E-state index is -0.364. The smallest absolute Gasteiger partial charge is 0.337 e. The van der Waals surface area contributed by atoms with Gasteiger partial charge in [-0.15, -0.1) is 0 Å². The Morgan fingerprint density at radius 2 is 1.72 bits per heavy atom. The van der Waals surface area contributed by atoms with E-state index in [0.29, 0.717) is 69.2 Å². The van der Waals surface area contributed by atoms with Gasteiger partial charge in [-0.2, -0.15) is 5.10 Å². The highest BCUT2D eigenvalue weighted by Crippen LogP contribution is 2.29. The summed E-state index contributed by atoms with van der Waals surface area (Å²) in [5, 5.41) is 11.2. The van der Waals surface area contributed by atoms with E-state index in [9.17, 15) is 18.8 Å². The van der Waals surface area contributed by atoms with E-state index in [0.717, 1.165) is 22.2 Å². The second-order valence-corrected chi connectivity index (χ2v) is 11.0. The quantitative estimate of drug-likeness (QED) is 0.318. The van der Waals surface area contributed by atoms with Gasteiger partial charge in [0, 0.05) is 55.0 Å². The van der Waals surface area contributed by atoms with E-state index >= 15 is 0 Å². The van der Waals surface area contributed by atoms with Gasteiger partial charge in [0.15, 0.2) is 0 Å². The zero-order valence-corrected chi connectivity index (χ0v) is 23.9. The number of piperazine rings is 1. The third-order valence-corrected chi connectivity index (χ3v) is 8.24. The number of carbonyl (C=O) groups is 3. The Balaban J connectivity index is 0.995. The zero-order chi connectivity index (χ0) is 29.9. The van der Waals surface area contributed by atoms with Crippen molar-refractivity contribution in [1.82, 2.24) is 20.0 Å². The number of nitrogens with zero attached hydrogens (tertiary/aromatic N) is 4. The van der Waals surface area contributed by atoms with Crippen molar-refractivity contribution in [1.29, 1.82) is 0 Å². The molecule has 2 aliphatic rings. The molecule has 222 valence electrons. The average Bonchev–Trinajstić information content (AvgIpc) is 3.68. The molecule has 1 aromatic heterocycles. The number of rotatable bonds is 7. The summed E-state index contributed by atoms with van der Waals surface area (Å²) in [6.07, 6.45) is 0.684. The van der Waals surface area contributed by atoms with Gasteiger partial charge in [0.1, 0.15) is 5.82 Å². The molecule has 2 amide bonds. The number of esters is 1. The second-order valence-electron chi connectivity index (χ2n) is 11.0. The van der Waals surface area contributed by atoms with Gasteiger partial charge in [-0.3, -0.25) is 19.6 Å². The van der Waals surface area contributed by atoms with E-state index in [1.807, 2.05) is 35.2 Å². The molecule has 0 radical (unpaired) electrons. The van der Waals surface area contributed by atoms with Crippen LogP contribution in [0.3, 0.4) is 0 Å². The number of aromatic amines is 1. The van der Waals surface area contributed by atoms with Gasteiger partial charge < -0.3 is 19.9 Å². The number of hydrogen-bond donors (Lipinski definition) is 2. The number of nitrogens with one attached hydrogen (secondary N) is 2. The molecule has 3 aromatic carbocycles. The minimum absolute atomic E-state index is 0.0699. The number of amides is 2. The molecular weight excluding hydrogens is 551 g/mol. The number of H-pyrrole nitrogens is 1. The Morgan fingerprint density at radius 3 is 2.44 bits per heavy atom. The van der Waals surface area contributed by atoms with Crippen molar-refractivity contribution in [2.75, 3.05) is 63.1 Å². The van der Waals surface area contributed by atoms with Crippen molar-refractivity contribution >= 4 is 40.1 Å². The number of fused-ring (bicyclic) bond motifs is 1. The summed E-state index contributed by atoms with van der Waals surface area (Å²) in [5.41, 5.74) is 4.46. The highest BCUT2D eigenvalue weighted by Gasteiger charge is 2.31. The monoisotopic (exact) mass is 584 g/mol. The number of benzene rings is 3. The van der Waals surface area contributed by atoms with Crippen LogP contribution in [0.5, 0.6) is 0 Å². The van der Waals surface area contributed by atoms with Crippen LogP contribution in [0, 0.1) is 11.7 Å². The first kappa shape index (κ1) is 28.4. The summed E-state index contributed by atoms with van der Waals surface area (Å²) in [5.74, 6) is -0.897. The Labute approximate surface area is 248 Å². The SMILES string of the molecule is COC(=O)c1ccc(N2CCN(C(=O)CN3CC[C@@H](C(=O)Nc4ccc5[nH]nc(-c6ccc(F)cc6)c5c4)C3)CC2)cc1. The van der Waals surface area contributed by atoms with Crippen molar-refractivity contribution in [3.8, 4) is 11.3 Å². The minimum Gasteiger partial charge on any atom is -0.465 e. The molecule has 2 saturated heterocycles. The van der Waals surface area contributed by atoms with Gasteiger partial charge in [0.2, 0.25) is 11.8 Å². The maximum Gasteiger partial charge on any atom is 0.337 e. The van der Waals surface area contributed by atoms with Crippen molar-refractivity contribution in [3.63, 3.8) is 0 Å². The van der Waals surface area contributed by atoms with Crippen LogP contribution < -0.4 is 10.2 Å². The van der Waals surface area contributed by atoms with Gasteiger partial charge in [0.25, 0.3) is 0 Å². The van der Waals surface area contributed by atoms with Gasteiger partial charge in [-0.05, 0) is 79.7 Å². The lowest BCUT2D eigenvalue weighted by Gasteiger charge is -2.36. The molecule has 0 bridgehead atoms. The Hall–Kier alpha value is -4.77. The number of halogens is 1. The topological polar surface area (TPSA) is 111 Å². The number of methoxy groups -OCH3 is 1. The molecular formula is C32H33FN6O4. The predicted molar refractivity (Wildman–Crippen MR) is 161 cm³/mol. The first-order valence-electron chi connectivity index (χ1n) is 14.4. The van der Waals surface area contributed by atoms with Crippen LogP contribution in [0.1, 0.15) is 16.8 Å². The molecule has 11 heteroatoms. The lowest BCUT2D eigenvalue weighted by Crippen LogP contribution is -2.51. The van der Waals surface area contributed by atoms with Crippen LogP contribution in [0.2, 0.25) is 0 Å². The molecule has 2 fully saturated rings. The van der Waals surface area contributed by atoms with Gasteiger partial charge >= 0.3 is 5.97 Å². The fourth-order valence-electron chi connectivity index (χ4n) is 5.79. The Bertz CT molecular complexity index is 1630. The number of ether oxygens (including phenoxy) is 1. The lowest BCUT2D eigenvalue weighted by molar-refractivity contribution is -0.132. The van der Waals surface area contributed by atoms with Gasteiger partial charge in [-0.1, -0.05) is 0 Å². The normalized spacial score (nSPS) is 17.3. The summed E-state index contributed by atoms with van der Waals surface area (Å²) in [6.45, 7) is 4.15. The van der Waals surface area contributed by atoms with Crippen LogP contribution in [0.15, 0.2) is 66.7 Å². The molecule has 2 aliphatic heterocycles. The van der Waals surface area contributed by atoms with Crippen molar-refractivity contribution in [2.24, 2.45) is 5.92 Å². The maximum atomic E-state index is 13.4. The number of carbonyl (C=O) groups excluding carboxylic acids is 3. The number of anilines is 2. The molecule has 4 aromatic rings. The molecule has 0 spiro atoms. The highest BCUT2D eigenvalue weighted by molar-refractivity contribution is 5.99. The molecule has 3 heterocycles. The summed E-state index contributed by atoms with van der Waals surface area (Å²) in [4.78, 5) is 44.0. The van der Waals surface area contributed by atoms with E-state index < -0.39 is 0 Å². The molecule has 1 atom stereocenters. The Morgan fingerprint density at radius 1 is 0.977 bits per heavy atom. The van der Waals surface area contributed by atoms with E-state index in [2.05, 4.69) is 25.3 Å². The van der Waals surface area contributed by atoms with Crippen LogP contribution in [-0.2, 0) is 14.3 Å². The summed E-state index contributed by atoms with van der Waals surface area (Å²) < 4.78 is 18.1. The van der Waals surface area contributed by atoms with Crippen molar-refractivity contribution in [3.05, 3.63) is 78.1 Å². The second kappa shape index (κ2) is 12.2. The average molecular weight is 585 g/mol. The van der Waals surface area contributed by atoms with Crippen molar-refractivity contribution < 1.29 is 23.5 Å². The number of hydrogen-bond acceptors (Lipinski definition) is 7. The summed E-state index contributed by atoms with van der Waals surface area (Å²) in [6, 6.07) is 19.0. The first-order chi connectivity index (χ1) is 20.9. The molecule has 10 nitrogen and oxygen atoms in total. The molecule has 0 aliphatic carbocycles. The first-order valence-corrected chi connectivity index (χ1v) is 14.4. The molecule has 0 unspecified atom stereocenters. The van der Waals surface area contributed by atoms with Crippen LogP contribution in [0.25, 0.3) is 22.2 Å². The largest absolute Gasteiger partial charge is 0.465 e. The summed E-state index contributed by atoms with van der Waals surface area (Å²) in [7, 11) is 1.36. The maximum absolute atomic E-state index is 13.4. The Kier molecular flexibility index (Phi) is 8.06. The van der Waals surface area contributed by atoms with Gasteiger partial charge in [-0.25, -0.2) is 9.18 Å². The third kappa shape index (κ3) is 6.21. The van der Waals surface area contributed by atoms with E-state index in [-0.39, 0.29) is 29.5 Å². The van der Waals surface area contributed by atoms with Crippen molar-refractivity contribution in [2.45, 2.75) is 6.42 Å². The van der Waals surface area contributed by atoms with Crippen LogP contribution in [-0.4, -0.2) is 90.7 Å². The van der Waals surface area contributed by atoms with Crippen LogP contribution >= 0.6 is 0 Å². The molecule has 0 saturated carbocycles. The number of likely N-dealkylation sites (tertiary alicyclic amines) is 1. The van der Waals surface area contributed by atoms with E-state index in [4.69, 9.17) is 4.74 Å². The molecule has 43 heavy (non-hydrogen) atoms. The third-order valence-electron chi connectivity index (χ3n) is 8.24. The van der Waals surface area contributed by atoms with Gasteiger partial charge in [0.05, 0.1) is 36.3 Å². The highest BCUT2D eigenvalue weighted by atomic mass is 19.1. The summed E-state index contributed by atoms with van der Waals surface area (Å²) >= 11 is 0. The van der Waals surface area contributed by atoms with E-state index in [1.54, 1.807) is 24.3 Å². The molecule has 2 N–H and O–H groups in total. The number of aromatic nitrogens is 2. The predicted octanol–water partition coefficient (Wildman–Crippen LogP) is 3.76. The fraction of sp³-hybridized carbons (Fsp3) is 0.312. The molecule has 6 rings (SSSR count). The lowest BCUT2D eigenvalue weighted by atomic mass is 10.1.